The highest BCUT2D eigenvalue weighted by Gasteiger charge is 2.05. The van der Waals surface area contributed by atoms with Gasteiger partial charge in [-0.1, -0.05) is 0 Å². The Hall–Kier alpha value is -2.04. The fraction of sp³-hybridized carbons (Fsp3) is 0.0769. The maximum Gasteiger partial charge on any atom is 0.160 e. The lowest BCUT2D eigenvalue weighted by Crippen LogP contribution is -2.03. The number of halogens is 4. The van der Waals surface area contributed by atoms with Gasteiger partial charge in [-0.2, -0.15) is 0 Å². The Kier molecular flexibility index (Phi) is 3.50. The molecule has 0 unspecified atom stereocenters. The van der Waals surface area contributed by atoms with E-state index in [9.17, 15) is 17.6 Å². The van der Waals surface area contributed by atoms with Crippen LogP contribution in [0.4, 0.5) is 23.2 Å². The number of benzene rings is 2. The van der Waals surface area contributed by atoms with Crippen molar-refractivity contribution in [3.63, 3.8) is 0 Å². The van der Waals surface area contributed by atoms with Crippen molar-refractivity contribution in [1.29, 1.82) is 0 Å². The summed E-state index contributed by atoms with van der Waals surface area (Å²) < 4.78 is 51.7. The number of hydrogen-bond acceptors (Lipinski definition) is 1. The Bertz CT molecular complexity index is 569. The van der Waals surface area contributed by atoms with Crippen molar-refractivity contribution in [2.24, 2.45) is 0 Å². The molecule has 18 heavy (non-hydrogen) atoms. The number of hydrogen-bond donors (Lipinski definition) is 1. The molecule has 2 aromatic carbocycles. The lowest BCUT2D eigenvalue weighted by molar-refractivity contribution is 0.509. The molecule has 1 nitrogen and oxygen atoms in total. The predicted molar refractivity (Wildman–Crippen MR) is 60.0 cm³/mol. The van der Waals surface area contributed by atoms with Crippen molar-refractivity contribution in [2.45, 2.75) is 6.54 Å². The van der Waals surface area contributed by atoms with E-state index in [1.807, 2.05) is 0 Å². The molecular weight excluding hydrogens is 246 g/mol. The maximum absolute atomic E-state index is 13.3. The van der Waals surface area contributed by atoms with Crippen LogP contribution in [0.2, 0.25) is 0 Å². The number of nitrogens with one attached hydrogen (secondary N) is 1. The minimum atomic E-state index is -1.00. The highest BCUT2D eigenvalue weighted by molar-refractivity contribution is 5.44. The van der Waals surface area contributed by atoms with Crippen LogP contribution in [0.5, 0.6) is 0 Å². The SMILES string of the molecule is Fc1ccc(F)c(CNc2ccc(F)c(F)c2)c1. The van der Waals surface area contributed by atoms with Gasteiger partial charge in [-0.15, -0.1) is 0 Å². The molecule has 2 rings (SSSR count). The van der Waals surface area contributed by atoms with E-state index in [-0.39, 0.29) is 17.8 Å². The van der Waals surface area contributed by atoms with Gasteiger partial charge in [-0.3, -0.25) is 0 Å². The zero-order valence-electron chi connectivity index (χ0n) is 9.18. The molecule has 0 amide bonds. The van der Waals surface area contributed by atoms with Crippen molar-refractivity contribution in [3.8, 4) is 0 Å². The molecule has 0 heterocycles. The van der Waals surface area contributed by atoms with Crippen LogP contribution in [-0.2, 0) is 6.54 Å². The first-order valence-corrected chi connectivity index (χ1v) is 5.19. The van der Waals surface area contributed by atoms with Gasteiger partial charge < -0.3 is 5.32 Å². The molecule has 0 aliphatic carbocycles. The van der Waals surface area contributed by atoms with Gasteiger partial charge in [0.1, 0.15) is 11.6 Å². The first-order chi connectivity index (χ1) is 8.56. The molecule has 1 N–H and O–H groups in total. The molecule has 0 atom stereocenters. The van der Waals surface area contributed by atoms with Crippen molar-refractivity contribution >= 4 is 5.69 Å². The highest BCUT2D eigenvalue weighted by atomic mass is 19.2. The van der Waals surface area contributed by atoms with E-state index in [1.54, 1.807) is 0 Å². The Balaban J connectivity index is 2.11. The minimum absolute atomic E-state index is 0.0192. The van der Waals surface area contributed by atoms with Crippen LogP contribution in [0.15, 0.2) is 36.4 Å². The molecule has 5 heteroatoms. The molecule has 0 aliphatic rings. The van der Waals surface area contributed by atoms with Crippen LogP contribution in [-0.4, -0.2) is 0 Å². The van der Waals surface area contributed by atoms with Crippen LogP contribution in [0, 0.1) is 23.3 Å². The highest BCUT2D eigenvalue weighted by Crippen LogP contribution is 2.16. The second-order valence-electron chi connectivity index (χ2n) is 3.72. The fourth-order valence-corrected chi connectivity index (χ4v) is 1.48. The summed E-state index contributed by atoms with van der Waals surface area (Å²) in [6, 6.07) is 6.29. The van der Waals surface area contributed by atoms with Crippen LogP contribution in [0.25, 0.3) is 0 Å². The summed E-state index contributed by atoms with van der Waals surface area (Å²) in [7, 11) is 0. The smallest absolute Gasteiger partial charge is 0.160 e. The molecule has 0 aliphatic heterocycles. The Morgan fingerprint density at radius 2 is 1.50 bits per heavy atom. The molecule has 0 radical (unpaired) electrons. The van der Waals surface area contributed by atoms with Gasteiger partial charge in [0.05, 0.1) is 0 Å². The van der Waals surface area contributed by atoms with Gasteiger partial charge in [0, 0.05) is 23.9 Å². The minimum Gasteiger partial charge on any atom is -0.381 e. The molecule has 2 aromatic rings. The average molecular weight is 255 g/mol. The molecule has 0 saturated heterocycles. The first-order valence-electron chi connectivity index (χ1n) is 5.19. The van der Waals surface area contributed by atoms with E-state index in [0.29, 0.717) is 0 Å². The van der Waals surface area contributed by atoms with E-state index in [0.717, 1.165) is 30.3 Å². The predicted octanol–water partition coefficient (Wildman–Crippen LogP) is 3.86. The summed E-state index contributed by atoms with van der Waals surface area (Å²) in [5, 5.41) is 2.68. The largest absolute Gasteiger partial charge is 0.381 e. The van der Waals surface area contributed by atoms with Crippen LogP contribution >= 0.6 is 0 Å². The second kappa shape index (κ2) is 5.08. The summed E-state index contributed by atoms with van der Waals surface area (Å²) in [5.41, 5.74) is 0.400. The Labute approximate surface area is 101 Å². The molecule has 0 fully saturated rings. The third-order valence-corrected chi connectivity index (χ3v) is 2.41. The Morgan fingerprint density at radius 1 is 0.778 bits per heavy atom. The monoisotopic (exact) mass is 255 g/mol. The molecule has 94 valence electrons. The lowest BCUT2D eigenvalue weighted by Gasteiger charge is -2.08. The van der Waals surface area contributed by atoms with Crippen molar-refractivity contribution < 1.29 is 17.6 Å². The van der Waals surface area contributed by atoms with Gasteiger partial charge in [0.15, 0.2) is 11.6 Å². The van der Waals surface area contributed by atoms with E-state index in [4.69, 9.17) is 0 Å². The summed E-state index contributed by atoms with van der Waals surface area (Å²) in [4.78, 5) is 0. The molecule has 0 aromatic heterocycles. The van der Waals surface area contributed by atoms with E-state index in [1.165, 1.54) is 6.07 Å². The van der Waals surface area contributed by atoms with E-state index >= 15 is 0 Å². The maximum atomic E-state index is 13.3. The summed E-state index contributed by atoms with van der Waals surface area (Å²) in [5.74, 6) is -3.08. The third-order valence-electron chi connectivity index (χ3n) is 2.41. The van der Waals surface area contributed by atoms with Crippen LogP contribution in [0.1, 0.15) is 5.56 Å². The summed E-state index contributed by atoms with van der Waals surface area (Å²) in [6.07, 6.45) is 0. The quantitative estimate of drug-likeness (QED) is 0.821. The summed E-state index contributed by atoms with van der Waals surface area (Å²) >= 11 is 0. The number of rotatable bonds is 3. The van der Waals surface area contributed by atoms with Gasteiger partial charge in [0.25, 0.3) is 0 Å². The molecule has 0 bridgehead atoms. The zero-order chi connectivity index (χ0) is 13.1. The van der Waals surface area contributed by atoms with Gasteiger partial charge in [-0.25, -0.2) is 17.6 Å². The van der Waals surface area contributed by atoms with Gasteiger partial charge >= 0.3 is 0 Å². The van der Waals surface area contributed by atoms with Crippen molar-refractivity contribution in [1.82, 2.24) is 0 Å². The third kappa shape index (κ3) is 2.80. The standard InChI is InChI=1S/C13H9F4N/c14-9-1-3-11(15)8(5-9)7-18-10-2-4-12(16)13(17)6-10/h1-6,18H,7H2. The van der Waals surface area contributed by atoms with Gasteiger partial charge in [-0.05, 0) is 30.3 Å². The fourth-order valence-electron chi connectivity index (χ4n) is 1.48. The zero-order valence-corrected chi connectivity index (χ0v) is 9.18. The van der Waals surface area contributed by atoms with Crippen LogP contribution < -0.4 is 5.32 Å². The topological polar surface area (TPSA) is 12.0 Å². The van der Waals surface area contributed by atoms with Crippen molar-refractivity contribution in [2.75, 3.05) is 5.32 Å². The normalized spacial score (nSPS) is 10.4. The molecule has 0 saturated carbocycles. The summed E-state index contributed by atoms with van der Waals surface area (Å²) in [6.45, 7) is -0.0192. The van der Waals surface area contributed by atoms with E-state index in [2.05, 4.69) is 5.32 Å². The first kappa shape index (κ1) is 12.4. The van der Waals surface area contributed by atoms with Crippen molar-refractivity contribution in [3.05, 3.63) is 65.2 Å². The van der Waals surface area contributed by atoms with Crippen LogP contribution in [0.3, 0.4) is 0 Å². The lowest BCUT2D eigenvalue weighted by atomic mass is 10.2. The van der Waals surface area contributed by atoms with E-state index < -0.39 is 23.3 Å². The molecular formula is C13H9F4N. The van der Waals surface area contributed by atoms with Gasteiger partial charge in [0.2, 0.25) is 0 Å². The Morgan fingerprint density at radius 3 is 2.22 bits per heavy atom. The molecule has 0 spiro atoms. The second-order valence-corrected chi connectivity index (χ2v) is 3.72. The average Bonchev–Trinajstić information content (AvgIpc) is 2.34. The number of anilines is 1.